The summed E-state index contributed by atoms with van der Waals surface area (Å²) in [4.78, 5) is 6.52. The van der Waals surface area contributed by atoms with E-state index in [9.17, 15) is 0 Å². The van der Waals surface area contributed by atoms with Crippen molar-refractivity contribution in [1.29, 1.82) is 0 Å². The molecule has 0 unspecified atom stereocenters. The van der Waals surface area contributed by atoms with Gasteiger partial charge in [-0.05, 0) is 86.2 Å². The molecular weight excluding hydrogens is 424 g/mol. The predicted octanol–water partition coefficient (Wildman–Crippen LogP) is 5.44. The molecule has 0 radical (unpaired) electrons. The first kappa shape index (κ1) is 24.6. The fourth-order valence-electron chi connectivity index (χ4n) is 5.29. The Bertz CT molecular complexity index is 852. The molecule has 180 valence electrons. The van der Waals surface area contributed by atoms with Crippen LogP contribution in [0.5, 0.6) is 0 Å². The van der Waals surface area contributed by atoms with Crippen LogP contribution in [0.2, 0.25) is 0 Å². The lowest BCUT2D eigenvalue weighted by molar-refractivity contribution is -0.0453. The molecule has 0 saturated carbocycles. The molecule has 0 amide bonds. The van der Waals surface area contributed by atoms with Crippen molar-refractivity contribution in [2.45, 2.75) is 63.4 Å². The van der Waals surface area contributed by atoms with Crippen molar-refractivity contribution in [1.82, 2.24) is 14.1 Å². The van der Waals surface area contributed by atoms with Gasteiger partial charge >= 0.3 is 0 Å². The minimum atomic E-state index is 0.389. The SMILES string of the molecule is C=C/C(=C\C=C(/C)CC)N1CCC2(CC1)CN(Cc1cccc(SN3CCC(N)CC3)c1)C2. The van der Waals surface area contributed by atoms with Crippen LogP contribution in [0.15, 0.2) is 65.2 Å². The number of hydrogen-bond acceptors (Lipinski definition) is 5. The Balaban J connectivity index is 1.24. The number of nitrogens with zero attached hydrogens (tertiary/aromatic N) is 3. The first-order valence-electron chi connectivity index (χ1n) is 12.7. The van der Waals surface area contributed by atoms with E-state index >= 15 is 0 Å². The Morgan fingerprint density at radius 1 is 1.15 bits per heavy atom. The Kier molecular flexibility index (Phi) is 8.39. The normalized spacial score (nSPS) is 23.1. The van der Waals surface area contributed by atoms with E-state index in [2.05, 4.69) is 70.9 Å². The highest BCUT2D eigenvalue weighted by molar-refractivity contribution is 7.97. The topological polar surface area (TPSA) is 35.7 Å². The lowest BCUT2D eigenvalue weighted by Gasteiger charge is -2.54. The minimum absolute atomic E-state index is 0.389. The van der Waals surface area contributed by atoms with Gasteiger partial charge in [-0.3, -0.25) is 4.90 Å². The minimum Gasteiger partial charge on any atom is -0.372 e. The van der Waals surface area contributed by atoms with Crippen LogP contribution in [0.1, 0.15) is 51.5 Å². The fourth-order valence-corrected chi connectivity index (χ4v) is 6.33. The second-order valence-electron chi connectivity index (χ2n) is 10.3. The first-order chi connectivity index (χ1) is 16.0. The van der Waals surface area contributed by atoms with Crippen LogP contribution >= 0.6 is 11.9 Å². The Labute approximate surface area is 205 Å². The zero-order chi connectivity index (χ0) is 23.3. The second-order valence-corrected chi connectivity index (χ2v) is 11.5. The summed E-state index contributed by atoms with van der Waals surface area (Å²) in [5, 5.41) is 0. The number of nitrogens with two attached hydrogens (primary N) is 1. The molecule has 0 aliphatic carbocycles. The molecular formula is C28H42N4S. The van der Waals surface area contributed by atoms with Crippen LogP contribution in [0.4, 0.5) is 0 Å². The van der Waals surface area contributed by atoms with E-state index in [1.54, 1.807) is 0 Å². The van der Waals surface area contributed by atoms with Crippen molar-refractivity contribution in [3.05, 3.63) is 65.9 Å². The summed E-state index contributed by atoms with van der Waals surface area (Å²) in [6, 6.07) is 9.54. The lowest BCUT2D eigenvalue weighted by Crippen LogP contribution is -2.59. The lowest BCUT2D eigenvalue weighted by atomic mass is 9.71. The van der Waals surface area contributed by atoms with E-state index in [1.165, 1.54) is 47.7 Å². The van der Waals surface area contributed by atoms with Gasteiger partial charge in [0.1, 0.15) is 0 Å². The number of rotatable bonds is 8. The predicted molar refractivity (Wildman–Crippen MR) is 142 cm³/mol. The van der Waals surface area contributed by atoms with Crippen LogP contribution in [0.25, 0.3) is 0 Å². The molecule has 3 fully saturated rings. The highest BCUT2D eigenvalue weighted by Crippen LogP contribution is 2.42. The van der Waals surface area contributed by atoms with Gasteiger partial charge in [0, 0.05) is 62.4 Å². The van der Waals surface area contributed by atoms with Crippen molar-refractivity contribution >= 4 is 11.9 Å². The zero-order valence-electron chi connectivity index (χ0n) is 20.6. The van der Waals surface area contributed by atoms with Crippen molar-refractivity contribution in [2.24, 2.45) is 11.1 Å². The smallest absolute Gasteiger partial charge is 0.0360 e. The first-order valence-corrected chi connectivity index (χ1v) is 13.5. The quantitative estimate of drug-likeness (QED) is 0.408. The highest BCUT2D eigenvalue weighted by atomic mass is 32.2. The Morgan fingerprint density at radius 2 is 1.88 bits per heavy atom. The molecule has 33 heavy (non-hydrogen) atoms. The molecule has 0 aromatic heterocycles. The molecule has 5 heteroatoms. The largest absolute Gasteiger partial charge is 0.372 e. The number of allylic oxidation sites excluding steroid dienone is 4. The van der Waals surface area contributed by atoms with Crippen molar-refractivity contribution in [2.75, 3.05) is 39.3 Å². The summed E-state index contributed by atoms with van der Waals surface area (Å²) in [5.74, 6) is 0. The van der Waals surface area contributed by atoms with E-state index in [-0.39, 0.29) is 0 Å². The van der Waals surface area contributed by atoms with Crippen molar-refractivity contribution in [3.8, 4) is 0 Å². The molecule has 3 aliphatic heterocycles. The van der Waals surface area contributed by atoms with Crippen LogP contribution in [0.3, 0.4) is 0 Å². The molecule has 3 saturated heterocycles. The molecule has 0 bridgehead atoms. The monoisotopic (exact) mass is 466 g/mol. The van der Waals surface area contributed by atoms with Gasteiger partial charge in [0.05, 0.1) is 0 Å². The van der Waals surface area contributed by atoms with Crippen LogP contribution in [-0.2, 0) is 6.54 Å². The zero-order valence-corrected chi connectivity index (χ0v) is 21.5. The maximum absolute atomic E-state index is 6.06. The molecule has 4 rings (SSSR count). The molecule has 1 aromatic rings. The summed E-state index contributed by atoms with van der Waals surface area (Å²) >= 11 is 1.90. The van der Waals surface area contributed by atoms with Gasteiger partial charge in [0.25, 0.3) is 0 Å². The van der Waals surface area contributed by atoms with Gasteiger partial charge < -0.3 is 10.6 Å². The summed E-state index contributed by atoms with van der Waals surface area (Å²) in [6.07, 6.45) is 12.4. The number of benzene rings is 1. The number of likely N-dealkylation sites (tertiary alicyclic amines) is 2. The number of hydrogen-bond donors (Lipinski definition) is 1. The molecule has 1 aromatic carbocycles. The van der Waals surface area contributed by atoms with Gasteiger partial charge in [-0.15, -0.1) is 0 Å². The van der Waals surface area contributed by atoms with Gasteiger partial charge in [-0.1, -0.05) is 37.3 Å². The van der Waals surface area contributed by atoms with Crippen molar-refractivity contribution < 1.29 is 0 Å². The van der Waals surface area contributed by atoms with E-state index in [0.29, 0.717) is 11.5 Å². The van der Waals surface area contributed by atoms with Crippen LogP contribution < -0.4 is 5.73 Å². The summed E-state index contributed by atoms with van der Waals surface area (Å²) in [5.41, 5.74) is 10.7. The third-order valence-corrected chi connectivity index (χ3v) is 8.74. The van der Waals surface area contributed by atoms with Crippen LogP contribution in [0, 0.1) is 5.41 Å². The fraction of sp³-hybridized carbons (Fsp3) is 0.571. The van der Waals surface area contributed by atoms with E-state index in [4.69, 9.17) is 5.73 Å². The van der Waals surface area contributed by atoms with E-state index in [1.807, 2.05) is 18.0 Å². The molecule has 2 N–H and O–H groups in total. The van der Waals surface area contributed by atoms with Crippen LogP contribution in [-0.4, -0.2) is 59.4 Å². The van der Waals surface area contributed by atoms with E-state index < -0.39 is 0 Å². The van der Waals surface area contributed by atoms with Crippen molar-refractivity contribution in [3.63, 3.8) is 0 Å². The maximum atomic E-state index is 6.06. The molecule has 3 aliphatic rings. The van der Waals surface area contributed by atoms with E-state index in [0.717, 1.165) is 52.0 Å². The summed E-state index contributed by atoms with van der Waals surface area (Å²) < 4.78 is 2.47. The third-order valence-electron chi connectivity index (χ3n) is 7.65. The van der Waals surface area contributed by atoms with Gasteiger partial charge in [-0.2, -0.15) is 0 Å². The molecule has 0 atom stereocenters. The summed E-state index contributed by atoms with van der Waals surface area (Å²) in [6.45, 7) is 16.5. The molecule has 1 spiro atoms. The maximum Gasteiger partial charge on any atom is 0.0360 e. The molecule has 3 heterocycles. The van der Waals surface area contributed by atoms with Gasteiger partial charge in [0.2, 0.25) is 0 Å². The average Bonchev–Trinajstić information content (AvgIpc) is 2.81. The Hall–Kier alpha value is -1.53. The van der Waals surface area contributed by atoms with Gasteiger partial charge in [0.15, 0.2) is 0 Å². The summed E-state index contributed by atoms with van der Waals surface area (Å²) in [7, 11) is 0. The average molecular weight is 467 g/mol. The highest BCUT2D eigenvalue weighted by Gasteiger charge is 2.44. The third kappa shape index (κ3) is 6.54. The Morgan fingerprint density at radius 3 is 2.55 bits per heavy atom. The standard InChI is InChI=1S/C28H42N4S/c1-4-23(3)9-10-26(5-2)31-17-13-28(14-18-31)21-30(22-28)20-24-7-6-8-27(19-24)33-32-15-11-25(29)12-16-32/h5-10,19,25H,2,4,11-18,20-22,29H2,1,3H3/b23-9+,26-10+. The molecule has 4 nitrogen and oxygen atoms in total. The van der Waals surface area contributed by atoms with Gasteiger partial charge in [-0.25, -0.2) is 4.31 Å². The number of piperidine rings is 2. The second kappa shape index (κ2) is 11.3.